The Morgan fingerprint density at radius 1 is 1.21 bits per heavy atom. The Kier molecular flexibility index (Phi) is 2.89. The number of amides is 1. The first-order valence-electron chi connectivity index (χ1n) is 5.59. The summed E-state index contributed by atoms with van der Waals surface area (Å²) in [6.45, 7) is 0. The molecule has 19 heavy (non-hydrogen) atoms. The van der Waals surface area contributed by atoms with Crippen LogP contribution in [0.4, 0.5) is 5.69 Å². The summed E-state index contributed by atoms with van der Waals surface area (Å²) in [5.74, 6) is -0.291. The van der Waals surface area contributed by atoms with Crippen LogP contribution in [0.1, 0.15) is 10.5 Å². The molecule has 0 radical (unpaired) electrons. The van der Waals surface area contributed by atoms with Crippen LogP contribution in [0.2, 0.25) is 5.15 Å². The van der Waals surface area contributed by atoms with E-state index in [0.717, 1.165) is 5.39 Å². The largest absolute Gasteiger partial charge is 0.346 e. The van der Waals surface area contributed by atoms with E-state index < -0.39 is 0 Å². The summed E-state index contributed by atoms with van der Waals surface area (Å²) in [6.07, 6.45) is 3.27. The van der Waals surface area contributed by atoms with Crippen molar-refractivity contribution in [2.45, 2.75) is 0 Å². The molecule has 0 aromatic carbocycles. The van der Waals surface area contributed by atoms with Gasteiger partial charge >= 0.3 is 0 Å². The maximum atomic E-state index is 12.0. The molecule has 0 fully saturated rings. The van der Waals surface area contributed by atoms with Gasteiger partial charge in [0.15, 0.2) is 0 Å². The van der Waals surface area contributed by atoms with E-state index in [1.54, 1.807) is 24.4 Å². The molecule has 2 N–H and O–H groups in total. The minimum absolute atomic E-state index is 0.291. The number of halogens is 1. The van der Waals surface area contributed by atoms with E-state index in [9.17, 15) is 4.79 Å². The summed E-state index contributed by atoms with van der Waals surface area (Å²) < 4.78 is 0. The average Bonchev–Trinajstić information content (AvgIpc) is 2.88. The summed E-state index contributed by atoms with van der Waals surface area (Å²) in [4.78, 5) is 23.1. The number of hydrogen-bond acceptors (Lipinski definition) is 3. The van der Waals surface area contributed by atoms with Crippen LogP contribution in [0, 0.1) is 0 Å². The van der Waals surface area contributed by atoms with Crippen molar-refractivity contribution in [2.24, 2.45) is 0 Å². The Morgan fingerprint density at radius 3 is 2.89 bits per heavy atom. The number of carbonyl (C=O) groups is 1. The second kappa shape index (κ2) is 4.70. The van der Waals surface area contributed by atoms with Gasteiger partial charge in [-0.1, -0.05) is 11.6 Å². The summed E-state index contributed by atoms with van der Waals surface area (Å²) in [6, 6.07) is 8.70. The lowest BCUT2D eigenvalue weighted by Crippen LogP contribution is -2.13. The van der Waals surface area contributed by atoms with Crippen LogP contribution in [-0.4, -0.2) is 20.9 Å². The molecule has 0 aliphatic carbocycles. The maximum Gasteiger partial charge on any atom is 0.274 e. The van der Waals surface area contributed by atoms with Gasteiger partial charge in [0.05, 0.1) is 11.9 Å². The van der Waals surface area contributed by atoms with Crippen molar-refractivity contribution in [3.63, 3.8) is 0 Å². The normalized spacial score (nSPS) is 10.6. The van der Waals surface area contributed by atoms with E-state index in [4.69, 9.17) is 11.6 Å². The maximum absolute atomic E-state index is 12.0. The fourth-order valence-electron chi connectivity index (χ4n) is 1.70. The molecule has 0 aliphatic rings. The van der Waals surface area contributed by atoms with Gasteiger partial charge in [0.1, 0.15) is 16.5 Å². The number of nitrogens with one attached hydrogen (secondary N) is 2. The highest BCUT2D eigenvalue weighted by Gasteiger charge is 2.09. The smallest absolute Gasteiger partial charge is 0.274 e. The van der Waals surface area contributed by atoms with E-state index >= 15 is 0 Å². The second-order valence-corrected chi connectivity index (χ2v) is 4.32. The Hall–Kier alpha value is -2.40. The van der Waals surface area contributed by atoms with Gasteiger partial charge in [0.25, 0.3) is 5.91 Å². The molecule has 0 saturated carbocycles. The fraction of sp³-hybridized carbons (Fsp3) is 0. The number of aromatic nitrogens is 3. The number of fused-ring (bicyclic) bond motifs is 1. The third-order valence-electron chi connectivity index (χ3n) is 2.63. The number of pyridine rings is 2. The van der Waals surface area contributed by atoms with Gasteiger partial charge in [-0.2, -0.15) is 0 Å². The summed E-state index contributed by atoms with van der Waals surface area (Å²) in [5.41, 5.74) is 1.59. The first kappa shape index (κ1) is 11.7. The number of hydrogen-bond donors (Lipinski definition) is 2. The van der Waals surface area contributed by atoms with Crippen LogP contribution in [0.15, 0.2) is 42.7 Å². The molecule has 0 unspecified atom stereocenters. The van der Waals surface area contributed by atoms with Crippen molar-refractivity contribution in [1.82, 2.24) is 15.0 Å². The zero-order valence-corrected chi connectivity index (χ0v) is 10.5. The number of rotatable bonds is 2. The Balaban J connectivity index is 1.84. The van der Waals surface area contributed by atoms with Gasteiger partial charge in [-0.05, 0) is 30.3 Å². The first-order chi connectivity index (χ1) is 9.22. The summed E-state index contributed by atoms with van der Waals surface area (Å²) in [5, 5.41) is 4.05. The molecule has 0 aliphatic heterocycles. The molecule has 3 aromatic heterocycles. The standard InChI is InChI=1S/C13H9ClN4O/c14-11-4-2-9(7-16-11)17-13(19)10-3-1-8-5-6-15-12(8)18-10/h1-7H,(H,15,18)(H,17,19). The van der Waals surface area contributed by atoms with Crippen molar-refractivity contribution in [2.75, 3.05) is 5.32 Å². The molecule has 5 nitrogen and oxygen atoms in total. The van der Waals surface area contributed by atoms with E-state index in [1.165, 1.54) is 6.20 Å². The number of nitrogens with zero attached hydrogens (tertiary/aromatic N) is 2. The number of H-pyrrole nitrogens is 1. The molecule has 1 amide bonds. The van der Waals surface area contributed by atoms with Crippen LogP contribution in [0.5, 0.6) is 0 Å². The predicted octanol–water partition coefficient (Wildman–Crippen LogP) is 2.86. The van der Waals surface area contributed by atoms with Gasteiger partial charge < -0.3 is 10.3 Å². The molecule has 3 heterocycles. The van der Waals surface area contributed by atoms with Crippen LogP contribution in [0.3, 0.4) is 0 Å². The highest BCUT2D eigenvalue weighted by atomic mass is 35.5. The van der Waals surface area contributed by atoms with Crippen molar-refractivity contribution in [3.05, 3.63) is 53.6 Å². The molecule has 3 aromatic rings. The van der Waals surface area contributed by atoms with Gasteiger partial charge in [-0.25, -0.2) is 9.97 Å². The predicted molar refractivity (Wildman–Crippen MR) is 73.3 cm³/mol. The van der Waals surface area contributed by atoms with Gasteiger partial charge in [-0.3, -0.25) is 4.79 Å². The molecular formula is C13H9ClN4O. The van der Waals surface area contributed by atoms with Gasteiger partial charge in [0.2, 0.25) is 0 Å². The third kappa shape index (κ3) is 2.41. The highest BCUT2D eigenvalue weighted by molar-refractivity contribution is 6.29. The Morgan fingerprint density at radius 2 is 2.11 bits per heavy atom. The zero-order valence-electron chi connectivity index (χ0n) is 9.72. The minimum atomic E-state index is -0.291. The number of aromatic amines is 1. The van der Waals surface area contributed by atoms with E-state index in [-0.39, 0.29) is 5.91 Å². The van der Waals surface area contributed by atoms with Crippen molar-refractivity contribution < 1.29 is 4.79 Å². The van der Waals surface area contributed by atoms with E-state index in [0.29, 0.717) is 22.2 Å². The molecule has 0 saturated heterocycles. The monoisotopic (exact) mass is 272 g/mol. The minimum Gasteiger partial charge on any atom is -0.346 e. The molecular weight excluding hydrogens is 264 g/mol. The van der Waals surface area contributed by atoms with Gasteiger partial charge in [-0.15, -0.1) is 0 Å². The Bertz CT molecular complexity index is 736. The topological polar surface area (TPSA) is 70.7 Å². The van der Waals surface area contributed by atoms with Gasteiger partial charge in [0, 0.05) is 11.6 Å². The van der Waals surface area contributed by atoms with Crippen molar-refractivity contribution in [3.8, 4) is 0 Å². The number of anilines is 1. The SMILES string of the molecule is O=C(Nc1ccc(Cl)nc1)c1ccc2cc[nH]c2n1. The molecule has 94 valence electrons. The number of carbonyl (C=O) groups excluding carboxylic acids is 1. The zero-order chi connectivity index (χ0) is 13.2. The summed E-state index contributed by atoms with van der Waals surface area (Å²) >= 11 is 5.68. The third-order valence-corrected chi connectivity index (χ3v) is 2.85. The lowest BCUT2D eigenvalue weighted by atomic mass is 10.3. The molecule has 0 bridgehead atoms. The Labute approximate surface area is 113 Å². The lowest BCUT2D eigenvalue weighted by molar-refractivity contribution is 0.102. The molecule has 6 heteroatoms. The van der Waals surface area contributed by atoms with E-state index in [2.05, 4.69) is 20.3 Å². The molecule has 3 rings (SSSR count). The highest BCUT2D eigenvalue weighted by Crippen LogP contribution is 2.13. The fourth-order valence-corrected chi connectivity index (χ4v) is 1.81. The van der Waals surface area contributed by atoms with Crippen LogP contribution in [-0.2, 0) is 0 Å². The van der Waals surface area contributed by atoms with E-state index in [1.807, 2.05) is 12.1 Å². The molecule has 0 spiro atoms. The quantitative estimate of drug-likeness (QED) is 0.705. The second-order valence-electron chi connectivity index (χ2n) is 3.94. The van der Waals surface area contributed by atoms with Crippen LogP contribution >= 0.6 is 11.6 Å². The average molecular weight is 273 g/mol. The molecule has 0 atom stereocenters. The van der Waals surface area contributed by atoms with Crippen molar-refractivity contribution in [1.29, 1.82) is 0 Å². The summed E-state index contributed by atoms with van der Waals surface area (Å²) in [7, 11) is 0. The lowest BCUT2D eigenvalue weighted by Gasteiger charge is -2.04. The first-order valence-corrected chi connectivity index (χ1v) is 5.97. The van der Waals surface area contributed by atoms with Crippen LogP contribution in [0.25, 0.3) is 11.0 Å². The van der Waals surface area contributed by atoms with Crippen LogP contribution < -0.4 is 5.32 Å². The van der Waals surface area contributed by atoms with Crippen molar-refractivity contribution >= 4 is 34.2 Å².